The highest BCUT2D eigenvalue weighted by Crippen LogP contribution is 2.23. The van der Waals surface area contributed by atoms with E-state index >= 15 is 0 Å². The number of Topliss-reactive ketones (excluding diaryl/α,β-unsaturated/α-hetero) is 1. The molecule has 1 fully saturated rings. The van der Waals surface area contributed by atoms with E-state index in [-0.39, 0.29) is 28.4 Å². The van der Waals surface area contributed by atoms with E-state index in [9.17, 15) is 18.0 Å². The fourth-order valence-electron chi connectivity index (χ4n) is 2.04. The van der Waals surface area contributed by atoms with Crippen molar-refractivity contribution in [2.24, 2.45) is 5.92 Å². The van der Waals surface area contributed by atoms with Crippen molar-refractivity contribution < 1.29 is 23.1 Å². The maximum Gasteiger partial charge on any atom is 0.335 e. The monoisotopic (exact) mass is 268 g/mol. The standard InChI is InChI=1S/C12H12O5S/c13-11(10-4-5-18(16,17)7-10)8-2-1-3-9(6-8)12(14)15/h1-3,6,10H,4-5,7H2,(H,14,15). The van der Waals surface area contributed by atoms with Gasteiger partial charge in [-0.3, -0.25) is 4.79 Å². The second-order valence-electron chi connectivity index (χ2n) is 4.35. The van der Waals surface area contributed by atoms with Crippen molar-refractivity contribution in [2.45, 2.75) is 6.42 Å². The molecule has 1 aromatic carbocycles. The molecule has 0 saturated carbocycles. The van der Waals surface area contributed by atoms with Crippen LogP contribution in [-0.2, 0) is 9.84 Å². The fourth-order valence-corrected chi connectivity index (χ4v) is 3.78. The average Bonchev–Trinajstić information content (AvgIpc) is 2.69. The van der Waals surface area contributed by atoms with Crippen molar-refractivity contribution in [3.63, 3.8) is 0 Å². The van der Waals surface area contributed by atoms with Gasteiger partial charge in [0.2, 0.25) is 0 Å². The second-order valence-corrected chi connectivity index (χ2v) is 6.58. The second kappa shape index (κ2) is 4.53. The van der Waals surface area contributed by atoms with Gasteiger partial charge in [-0.05, 0) is 18.6 Å². The van der Waals surface area contributed by atoms with E-state index in [0.717, 1.165) is 0 Å². The summed E-state index contributed by atoms with van der Waals surface area (Å²) in [5.41, 5.74) is 0.290. The van der Waals surface area contributed by atoms with Crippen LogP contribution in [0.4, 0.5) is 0 Å². The molecule has 0 spiro atoms. The first-order valence-corrected chi connectivity index (χ1v) is 7.29. The van der Waals surface area contributed by atoms with E-state index in [1.807, 2.05) is 0 Å². The van der Waals surface area contributed by atoms with Crippen LogP contribution in [0.2, 0.25) is 0 Å². The van der Waals surface area contributed by atoms with Crippen LogP contribution in [0.25, 0.3) is 0 Å². The highest BCUT2D eigenvalue weighted by molar-refractivity contribution is 7.91. The van der Waals surface area contributed by atoms with Crippen molar-refractivity contribution in [2.75, 3.05) is 11.5 Å². The van der Waals surface area contributed by atoms with Gasteiger partial charge in [-0.2, -0.15) is 0 Å². The van der Waals surface area contributed by atoms with Crippen LogP contribution in [-0.4, -0.2) is 36.8 Å². The molecule has 1 saturated heterocycles. The summed E-state index contributed by atoms with van der Waals surface area (Å²) < 4.78 is 22.6. The fraction of sp³-hybridized carbons (Fsp3) is 0.333. The number of ketones is 1. The zero-order valence-corrected chi connectivity index (χ0v) is 10.3. The quantitative estimate of drug-likeness (QED) is 0.826. The Morgan fingerprint density at radius 1 is 1.22 bits per heavy atom. The predicted molar refractivity (Wildman–Crippen MR) is 64.5 cm³/mol. The lowest BCUT2D eigenvalue weighted by Gasteiger charge is -2.07. The van der Waals surface area contributed by atoms with E-state index in [2.05, 4.69) is 0 Å². The molecule has 1 aliphatic heterocycles. The summed E-state index contributed by atoms with van der Waals surface area (Å²) in [5.74, 6) is -2.05. The number of aromatic carboxylic acids is 1. The smallest absolute Gasteiger partial charge is 0.335 e. The summed E-state index contributed by atoms with van der Waals surface area (Å²) >= 11 is 0. The molecule has 1 aromatic rings. The van der Waals surface area contributed by atoms with Gasteiger partial charge in [0.05, 0.1) is 17.1 Å². The highest BCUT2D eigenvalue weighted by Gasteiger charge is 2.33. The Morgan fingerprint density at radius 2 is 1.89 bits per heavy atom. The topological polar surface area (TPSA) is 88.5 Å². The Hall–Kier alpha value is -1.69. The van der Waals surface area contributed by atoms with Crippen LogP contribution in [0, 0.1) is 5.92 Å². The lowest BCUT2D eigenvalue weighted by Crippen LogP contribution is -2.16. The van der Waals surface area contributed by atoms with E-state index < -0.39 is 21.7 Å². The molecule has 2 rings (SSSR count). The minimum atomic E-state index is -3.11. The van der Waals surface area contributed by atoms with Gasteiger partial charge in [-0.15, -0.1) is 0 Å². The van der Waals surface area contributed by atoms with Crippen molar-refractivity contribution in [3.05, 3.63) is 35.4 Å². The zero-order chi connectivity index (χ0) is 13.3. The van der Waals surface area contributed by atoms with E-state index in [1.54, 1.807) is 0 Å². The highest BCUT2D eigenvalue weighted by atomic mass is 32.2. The molecule has 0 aromatic heterocycles. The van der Waals surface area contributed by atoms with Gasteiger partial charge in [-0.1, -0.05) is 12.1 Å². The minimum absolute atomic E-state index is 0.0294. The van der Waals surface area contributed by atoms with Gasteiger partial charge in [-0.25, -0.2) is 13.2 Å². The van der Waals surface area contributed by atoms with Gasteiger partial charge in [0.1, 0.15) is 0 Å². The third-order valence-electron chi connectivity index (χ3n) is 3.00. The number of benzene rings is 1. The van der Waals surface area contributed by atoms with Gasteiger partial charge in [0.25, 0.3) is 0 Å². The number of carbonyl (C=O) groups excluding carboxylic acids is 1. The van der Waals surface area contributed by atoms with E-state index in [4.69, 9.17) is 5.11 Å². The molecule has 1 aliphatic rings. The van der Waals surface area contributed by atoms with Crippen molar-refractivity contribution in [1.82, 2.24) is 0 Å². The molecule has 1 atom stereocenters. The van der Waals surface area contributed by atoms with Crippen molar-refractivity contribution in [3.8, 4) is 0 Å². The summed E-state index contributed by atoms with van der Waals surface area (Å²) in [6.07, 6.45) is 0.318. The SMILES string of the molecule is O=C(O)c1cccc(C(=O)C2CCS(=O)(=O)C2)c1. The third-order valence-corrected chi connectivity index (χ3v) is 4.77. The number of rotatable bonds is 3. The first-order valence-electron chi connectivity index (χ1n) is 5.47. The van der Waals surface area contributed by atoms with Crippen LogP contribution in [0.1, 0.15) is 27.1 Å². The van der Waals surface area contributed by atoms with Crippen LogP contribution >= 0.6 is 0 Å². The molecule has 5 nitrogen and oxygen atoms in total. The van der Waals surface area contributed by atoms with Crippen LogP contribution in [0.15, 0.2) is 24.3 Å². The average molecular weight is 268 g/mol. The van der Waals surface area contributed by atoms with Crippen molar-refractivity contribution in [1.29, 1.82) is 0 Å². The Morgan fingerprint density at radius 3 is 2.44 bits per heavy atom. The molecule has 96 valence electrons. The van der Waals surface area contributed by atoms with Gasteiger partial charge < -0.3 is 5.11 Å². The molecule has 0 bridgehead atoms. The Labute approximate surface area is 104 Å². The molecule has 18 heavy (non-hydrogen) atoms. The number of sulfone groups is 1. The summed E-state index contributed by atoms with van der Waals surface area (Å²) in [6, 6.07) is 5.68. The zero-order valence-electron chi connectivity index (χ0n) is 9.50. The predicted octanol–water partition coefficient (Wildman–Crippen LogP) is 1.00. The Kier molecular flexibility index (Phi) is 3.21. The molecule has 0 radical (unpaired) electrons. The van der Waals surface area contributed by atoms with Crippen LogP contribution < -0.4 is 0 Å². The molecule has 6 heteroatoms. The molecule has 0 amide bonds. The third kappa shape index (κ3) is 2.59. The number of carboxylic acids is 1. The Bertz CT molecular complexity index is 603. The summed E-state index contributed by atoms with van der Waals surface area (Å²) in [6.45, 7) is 0. The molecule has 1 N–H and O–H groups in total. The number of carbonyl (C=O) groups is 2. The normalized spacial score (nSPS) is 21.7. The minimum Gasteiger partial charge on any atom is -0.478 e. The van der Waals surface area contributed by atoms with Gasteiger partial charge in [0, 0.05) is 11.5 Å². The maximum absolute atomic E-state index is 12.1. The summed E-state index contributed by atoms with van der Waals surface area (Å²) in [7, 11) is -3.11. The first kappa shape index (κ1) is 12.8. The molecular weight excluding hydrogens is 256 g/mol. The summed E-state index contributed by atoms with van der Waals surface area (Å²) in [4.78, 5) is 22.8. The number of hydrogen-bond donors (Lipinski definition) is 1. The molecule has 1 unspecified atom stereocenters. The number of hydrogen-bond acceptors (Lipinski definition) is 4. The molecule has 1 heterocycles. The molecular formula is C12H12O5S. The number of carboxylic acid groups (broad SMARTS) is 1. The first-order chi connectivity index (χ1) is 8.39. The Balaban J connectivity index is 2.24. The molecule has 0 aliphatic carbocycles. The van der Waals surface area contributed by atoms with E-state index in [1.165, 1.54) is 24.3 Å². The van der Waals surface area contributed by atoms with E-state index in [0.29, 0.717) is 6.42 Å². The lowest BCUT2D eigenvalue weighted by atomic mass is 9.96. The van der Waals surface area contributed by atoms with Crippen LogP contribution in [0.5, 0.6) is 0 Å². The van der Waals surface area contributed by atoms with Gasteiger partial charge >= 0.3 is 5.97 Å². The largest absolute Gasteiger partial charge is 0.478 e. The van der Waals surface area contributed by atoms with Crippen LogP contribution in [0.3, 0.4) is 0 Å². The van der Waals surface area contributed by atoms with Crippen molar-refractivity contribution >= 4 is 21.6 Å². The lowest BCUT2D eigenvalue weighted by molar-refractivity contribution is 0.0697. The van der Waals surface area contributed by atoms with Gasteiger partial charge in [0.15, 0.2) is 15.6 Å². The summed E-state index contributed by atoms with van der Waals surface area (Å²) in [5, 5.41) is 8.83. The maximum atomic E-state index is 12.1.